The third-order valence-electron chi connectivity index (χ3n) is 1.85. The maximum Gasteiger partial charge on any atom is 0.413 e. The summed E-state index contributed by atoms with van der Waals surface area (Å²) >= 11 is 1.57. The summed E-state index contributed by atoms with van der Waals surface area (Å²) in [4.78, 5) is 15.5. The largest absolute Gasteiger partial charge is 0.447 e. The van der Waals surface area contributed by atoms with Crippen LogP contribution in [-0.4, -0.2) is 28.7 Å². The van der Waals surface area contributed by atoms with Gasteiger partial charge >= 0.3 is 6.09 Å². The summed E-state index contributed by atoms with van der Waals surface area (Å²) in [6, 6.07) is 0.259. The lowest BCUT2D eigenvalue weighted by Gasteiger charge is -2.08. The Morgan fingerprint density at radius 2 is 2.21 bits per heavy atom. The molecule has 1 aliphatic heterocycles. The molecule has 0 bridgehead atoms. The van der Waals surface area contributed by atoms with Gasteiger partial charge in [-0.15, -0.1) is 0 Å². The number of alkyl carbamates (subject to hydrolysis) is 1. The number of hydrogen-bond donors (Lipinski definition) is 1. The summed E-state index contributed by atoms with van der Waals surface area (Å²) in [5.41, 5.74) is 0. The Balaban J connectivity index is 2.39. The van der Waals surface area contributed by atoms with Gasteiger partial charge in [0.25, 0.3) is 0 Å². The van der Waals surface area contributed by atoms with E-state index in [1.165, 1.54) is 0 Å². The van der Waals surface area contributed by atoms with Crippen LogP contribution in [-0.2, 0) is 4.74 Å². The minimum atomic E-state index is -0.424. The van der Waals surface area contributed by atoms with Crippen molar-refractivity contribution in [2.75, 3.05) is 0 Å². The second-order valence-corrected chi connectivity index (χ2v) is 4.94. The van der Waals surface area contributed by atoms with Crippen molar-refractivity contribution in [3.05, 3.63) is 0 Å². The fraction of sp³-hybridized carbons (Fsp3) is 0.778. The highest BCUT2D eigenvalue weighted by molar-refractivity contribution is 8.14. The summed E-state index contributed by atoms with van der Waals surface area (Å²) in [7, 11) is 0. The van der Waals surface area contributed by atoms with Crippen LogP contribution >= 0.6 is 11.8 Å². The molecule has 14 heavy (non-hydrogen) atoms. The molecule has 0 aromatic carbocycles. The topological polar surface area (TPSA) is 50.7 Å². The third kappa shape index (κ3) is 3.21. The molecule has 0 spiro atoms. The number of ether oxygens (including phenoxy) is 1. The van der Waals surface area contributed by atoms with Gasteiger partial charge in [0.15, 0.2) is 5.17 Å². The van der Waals surface area contributed by atoms with E-state index in [9.17, 15) is 4.79 Å². The SMILES string of the molecule is CC(C)OC(=O)NC1=NC(C)C(C)S1. The second-order valence-electron chi connectivity index (χ2n) is 3.58. The number of rotatable bonds is 1. The minimum absolute atomic E-state index is 0.100. The highest BCUT2D eigenvalue weighted by Gasteiger charge is 2.24. The Hall–Kier alpha value is -0.710. The van der Waals surface area contributed by atoms with Crippen molar-refractivity contribution >= 4 is 23.0 Å². The maximum absolute atomic E-state index is 11.2. The summed E-state index contributed by atoms with van der Waals surface area (Å²) in [6.07, 6.45) is -0.524. The normalized spacial score (nSPS) is 26.2. The molecule has 0 aromatic rings. The van der Waals surface area contributed by atoms with E-state index in [0.717, 1.165) is 0 Å². The molecule has 1 aliphatic rings. The average Bonchev–Trinajstić information content (AvgIpc) is 2.28. The molecule has 4 nitrogen and oxygen atoms in total. The Kier molecular flexibility index (Phi) is 3.80. The zero-order chi connectivity index (χ0) is 10.7. The summed E-state index contributed by atoms with van der Waals surface area (Å²) in [6.45, 7) is 7.74. The molecular weight excluding hydrogens is 200 g/mol. The number of carbonyl (C=O) groups excluding carboxylic acids is 1. The smallest absolute Gasteiger partial charge is 0.413 e. The summed E-state index contributed by atoms with van der Waals surface area (Å²) in [5, 5.41) is 3.71. The van der Waals surface area contributed by atoms with Crippen molar-refractivity contribution in [2.45, 2.75) is 45.1 Å². The van der Waals surface area contributed by atoms with E-state index in [1.54, 1.807) is 11.8 Å². The highest BCUT2D eigenvalue weighted by atomic mass is 32.2. The Morgan fingerprint density at radius 3 is 2.64 bits per heavy atom. The van der Waals surface area contributed by atoms with E-state index in [2.05, 4.69) is 17.2 Å². The van der Waals surface area contributed by atoms with Crippen molar-refractivity contribution in [3.8, 4) is 0 Å². The molecule has 1 N–H and O–H groups in total. The van der Waals surface area contributed by atoms with Crippen LogP contribution in [0.2, 0.25) is 0 Å². The maximum atomic E-state index is 11.2. The number of amides is 1. The minimum Gasteiger partial charge on any atom is -0.447 e. The van der Waals surface area contributed by atoms with Crippen LogP contribution in [0.25, 0.3) is 0 Å². The first-order valence-electron chi connectivity index (χ1n) is 4.71. The quantitative estimate of drug-likeness (QED) is 0.729. The van der Waals surface area contributed by atoms with Gasteiger partial charge < -0.3 is 4.74 Å². The van der Waals surface area contributed by atoms with Gasteiger partial charge in [0, 0.05) is 5.25 Å². The molecular formula is C9H16N2O2S. The van der Waals surface area contributed by atoms with E-state index in [0.29, 0.717) is 10.4 Å². The van der Waals surface area contributed by atoms with Crippen molar-refractivity contribution in [1.29, 1.82) is 0 Å². The Morgan fingerprint density at radius 1 is 1.57 bits per heavy atom. The first-order valence-corrected chi connectivity index (χ1v) is 5.59. The molecule has 0 radical (unpaired) electrons. The van der Waals surface area contributed by atoms with Crippen molar-refractivity contribution in [2.24, 2.45) is 4.99 Å². The van der Waals surface area contributed by atoms with Gasteiger partial charge in [0.05, 0.1) is 12.1 Å². The zero-order valence-corrected chi connectivity index (χ0v) is 9.72. The van der Waals surface area contributed by atoms with E-state index < -0.39 is 6.09 Å². The number of hydrogen-bond acceptors (Lipinski definition) is 4. The van der Waals surface area contributed by atoms with Crippen LogP contribution < -0.4 is 5.32 Å². The molecule has 1 heterocycles. The molecule has 0 aliphatic carbocycles. The van der Waals surface area contributed by atoms with Gasteiger partial charge in [-0.3, -0.25) is 10.3 Å². The fourth-order valence-electron chi connectivity index (χ4n) is 0.987. The molecule has 80 valence electrons. The van der Waals surface area contributed by atoms with Gasteiger partial charge in [-0.05, 0) is 20.8 Å². The number of carbonyl (C=O) groups is 1. The van der Waals surface area contributed by atoms with Crippen LogP contribution in [0, 0.1) is 0 Å². The lowest BCUT2D eigenvalue weighted by molar-refractivity contribution is 0.121. The molecule has 0 fully saturated rings. The fourth-order valence-corrected chi connectivity index (χ4v) is 1.97. The predicted molar refractivity (Wildman–Crippen MR) is 58.7 cm³/mol. The summed E-state index contributed by atoms with van der Waals surface area (Å²) in [5.74, 6) is 0. The highest BCUT2D eigenvalue weighted by Crippen LogP contribution is 2.24. The van der Waals surface area contributed by atoms with Gasteiger partial charge in [-0.25, -0.2) is 4.79 Å². The molecule has 2 unspecified atom stereocenters. The second kappa shape index (κ2) is 4.68. The molecule has 1 rings (SSSR count). The standard InChI is InChI=1S/C9H16N2O2S/c1-5(2)13-9(12)11-8-10-6(3)7(4)14-8/h5-7H,1-4H3,(H,10,11,12). The van der Waals surface area contributed by atoms with Gasteiger partial charge in [-0.2, -0.15) is 0 Å². The van der Waals surface area contributed by atoms with Crippen LogP contribution in [0.3, 0.4) is 0 Å². The molecule has 0 saturated carbocycles. The number of thioether (sulfide) groups is 1. The van der Waals surface area contributed by atoms with Crippen molar-refractivity contribution < 1.29 is 9.53 Å². The molecule has 5 heteroatoms. The Bertz CT molecular complexity index is 253. The number of nitrogens with zero attached hydrogens (tertiary/aromatic N) is 1. The lowest BCUT2D eigenvalue weighted by atomic mass is 10.3. The zero-order valence-electron chi connectivity index (χ0n) is 8.90. The van der Waals surface area contributed by atoms with Gasteiger partial charge in [0.1, 0.15) is 0 Å². The van der Waals surface area contributed by atoms with Crippen LogP contribution in [0.5, 0.6) is 0 Å². The third-order valence-corrected chi connectivity index (χ3v) is 3.05. The molecule has 0 saturated heterocycles. The monoisotopic (exact) mass is 216 g/mol. The summed E-state index contributed by atoms with van der Waals surface area (Å²) < 4.78 is 4.94. The van der Waals surface area contributed by atoms with E-state index in [1.807, 2.05) is 20.8 Å². The van der Waals surface area contributed by atoms with Gasteiger partial charge in [-0.1, -0.05) is 18.7 Å². The van der Waals surface area contributed by atoms with E-state index in [4.69, 9.17) is 4.74 Å². The van der Waals surface area contributed by atoms with Crippen LogP contribution in [0.15, 0.2) is 4.99 Å². The lowest BCUT2D eigenvalue weighted by Crippen LogP contribution is -2.30. The molecule has 2 atom stereocenters. The first kappa shape index (κ1) is 11.4. The first-order chi connectivity index (χ1) is 6.49. The number of aliphatic imine (C=N–C) groups is 1. The van der Waals surface area contributed by atoms with E-state index in [-0.39, 0.29) is 12.1 Å². The van der Waals surface area contributed by atoms with Crippen LogP contribution in [0.4, 0.5) is 4.79 Å². The van der Waals surface area contributed by atoms with Crippen LogP contribution in [0.1, 0.15) is 27.7 Å². The molecule has 1 amide bonds. The van der Waals surface area contributed by atoms with E-state index >= 15 is 0 Å². The molecule has 0 aromatic heterocycles. The Labute approximate surface area is 88.5 Å². The van der Waals surface area contributed by atoms with Crippen molar-refractivity contribution in [1.82, 2.24) is 5.32 Å². The average molecular weight is 216 g/mol. The number of nitrogens with one attached hydrogen (secondary N) is 1. The number of amidine groups is 1. The van der Waals surface area contributed by atoms with Crippen molar-refractivity contribution in [3.63, 3.8) is 0 Å². The predicted octanol–water partition coefficient (Wildman–Crippen LogP) is 2.00. The van der Waals surface area contributed by atoms with Gasteiger partial charge in [0.2, 0.25) is 0 Å².